The molecule has 2 rings (SSSR count). The molecular weight excluding hydrogens is 345 g/mol. The van der Waals surface area contributed by atoms with Gasteiger partial charge in [-0.15, -0.1) is 5.10 Å². The zero-order valence-corrected chi connectivity index (χ0v) is 12.2. The highest BCUT2D eigenvalue weighted by atomic mass is 127. The first-order chi connectivity index (χ1) is 8.63. The molecule has 0 aliphatic carbocycles. The van der Waals surface area contributed by atoms with Crippen molar-refractivity contribution in [3.05, 3.63) is 39.2 Å². The van der Waals surface area contributed by atoms with E-state index >= 15 is 0 Å². The monoisotopic (exact) mass is 357 g/mol. The van der Waals surface area contributed by atoms with Gasteiger partial charge in [0.2, 0.25) is 0 Å². The Labute approximate surface area is 118 Å². The van der Waals surface area contributed by atoms with E-state index in [1.165, 1.54) is 4.68 Å². The smallest absolute Gasteiger partial charge is 0.359 e. The molecule has 0 saturated heterocycles. The first-order valence-electron chi connectivity index (χ1n) is 5.49. The molecule has 0 unspecified atom stereocenters. The number of benzene rings is 1. The summed E-state index contributed by atoms with van der Waals surface area (Å²) in [6.07, 6.45) is 0. The SMILES string of the molecule is CCOC(=O)c1c(C)nnn1-c1ccc(I)cc1. The fourth-order valence-electron chi connectivity index (χ4n) is 1.55. The number of ether oxygens (including phenoxy) is 1. The number of nitrogens with zero attached hydrogens (tertiary/aromatic N) is 3. The maximum Gasteiger partial charge on any atom is 0.359 e. The number of carbonyl (C=O) groups excluding carboxylic acids is 1. The summed E-state index contributed by atoms with van der Waals surface area (Å²) in [6, 6.07) is 7.67. The summed E-state index contributed by atoms with van der Waals surface area (Å²) in [7, 11) is 0. The van der Waals surface area contributed by atoms with Crippen molar-refractivity contribution in [3.63, 3.8) is 0 Å². The van der Waals surface area contributed by atoms with Crippen molar-refractivity contribution in [1.82, 2.24) is 15.0 Å². The Morgan fingerprint density at radius 1 is 1.39 bits per heavy atom. The van der Waals surface area contributed by atoms with Crippen molar-refractivity contribution >= 4 is 28.6 Å². The quantitative estimate of drug-likeness (QED) is 0.625. The van der Waals surface area contributed by atoms with Gasteiger partial charge in [0, 0.05) is 3.57 Å². The lowest BCUT2D eigenvalue weighted by molar-refractivity contribution is 0.0515. The molecule has 0 spiro atoms. The van der Waals surface area contributed by atoms with Crippen molar-refractivity contribution in [3.8, 4) is 5.69 Å². The molecule has 0 atom stereocenters. The Morgan fingerprint density at radius 2 is 2.06 bits per heavy atom. The summed E-state index contributed by atoms with van der Waals surface area (Å²) < 4.78 is 7.63. The highest BCUT2D eigenvalue weighted by molar-refractivity contribution is 14.1. The third-order valence-corrected chi connectivity index (χ3v) is 3.10. The lowest BCUT2D eigenvalue weighted by Gasteiger charge is -2.06. The number of halogens is 1. The van der Waals surface area contributed by atoms with Crippen molar-refractivity contribution in [2.24, 2.45) is 0 Å². The number of rotatable bonds is 3. The van der Waals surface area contributed by atoms with Gasteiger partial charge in [-0.1, -0.05) is 5.21 Å². The number of aromatic nitrogens is 3. The zero-order valence-electron chi connectivity index (χ0n) is 10.1. The van der Waals surface area contributed by atoms with Crippen molar-refractivity contribution in [2.45, 2.75) is 13.8 Å². The Balaban J connectivity index is 2.45. The summed E-state index contributed by atoms with van der Waals surface area (Å²) in [4.78, 5) is 11.9. The number of carbonyl (C=O) groups is 1. The van der Waals surface area contributed by atoms with Crippen LogP contribution in [0.15, 0.2) is 24.3 Å². The van der Waals surface area contributed by atoms with E-state index in [1.807, 2.05) is 24.3 Å². The molecular formula is C12H12IN3O2. The maximum absolute atomic E-state index is 11.9. The largest absolute Gasteiger partial charge is 0.461 e. The molecule has 2 aromatic rings. The highest BCUT2D eigenvalue weighted by Crippen LogP contribution is 2.15. The van der Waals surface area contributed by atoms with E-state index in [2.05, 4.69) is 32.9 Å². The topological polar surface area (TPSA) is 57.0 Å². The third-order valence-electron chi connectivity index (χ3n) is 2.38. The van der Waals surface area contributed by atoms with Crippen LogP contribution in [-0.2, 0) is 4.74 Å². The summed E-state index contributed by atoms with van der Waals surface area (Å²) in [6.45, 7) is 3.84. The molecule has 0 aliphatic rings. The average Bonchev–Trinajstić information content (AvgIpc) is 2.72. The van der Waals surface area contributed by atoms with Crippen LogP contribution in [0.2, 0.25) is 0 Å². The lowest BCUT2D eigenvalue weighted by Crippen LogP contribution is -2.13. The molecule has 0 N–H and O–H groups in total. The number of esters is 1. The van der Waals surface area contributed by atoms with E-state index in [4.69, 9.17) is 4.74 Å². The molecule has 5 nitrogen and oxygen atoms in total. The molecule has 18 heavy (non-hydrogen) atoms. The summed E-state index contributed by atoms with van der Waals surface area (Å²) in [5, 5.41) is 7.91. The van der Waals surface area contributed by atoms with E-state index in [-0.39, 0.29) is 0 Å². The van der Waals surface area contributed by atoms with Crippen LogP contribution in [0.25, 0.3) is 5.69 Å². The molecule has 0 saturated carbocycles. The van der Waals surface area contributed by atoms with Crippen LogP contribution < -0.4 is 0 Å². The third kappa shape index (κ3) is 2.53. The summed E-state index contributed by atoms with van der Waals surface area (Å²) >= 11 is 2.22. The van der Waals surface area contributed by atoms with E-state index in [1.54, 1.807) is 13.8 Å². The van der Waals surface area contributed by atoms with Crippen molar-refractivity contribution in [1.29, 1.82) is 0 Å². The van der Waals surface area contributed by atoms with Crippen molar-refractivity contribution in [2.75, 3.05) is 6.61 Å². The average molecular weight is 357 g/mol. The van der Waals surface area contributed by atoms with Gasteiger partial charge >= 0.3 is 5.97 Å². The van der Waals surface area contributed by atoms with E-state index in [0.717, 1.165) is 9.26 Å². The molecule has 1 heterocycles. The van der Waals surface area contributed by atoms with E-state index in [0.29, 0.717) is 18.0 Å². The van der Waals surface area contributed by atoms with Crippen LogP contribution >= 0.6 is 22.6 Å². The minimum atomic E-state index is -0.404. The normalized spacial score (nSPS) is 10.4. The van der Waals surface area contributed by atoms with Gasteiger partial charge in [-0.2, -0.15) is 0 Å². The second-order valence-electron chi connectivity index (χ2n) is 3.63. The number of hydrogen-bond acceptors (Lipinski definition) is 4. The first kappa shape index (κ1) is 13.0. The Kier molecular flexibility index (Phi) is 3.95. The predicted molar refractivity (Wildman–Crippen MR) is 74.8 cm³/mol. The van der Waals surface area contributed by atoms with E-state index < -0.39 is 5.97 Å². The fraction of sp³-hybridized carbons (Fsp3) is 0.250. The Bertz CT molecular complexity index is 563. The number of hydrogen-bond donors (Lipinski definition) is 0. The molecule has 0 fully saturated rings. The molecule has 1 aromatic carbocycles. The fourth-order valence-corrected chi connectivity index (χ4v) is 1.91. The van der Waals surface area contributed by atoms with Crippen LogP contribution in [0.4, 0.5) is 0 Å². The Hall–Kier alpha value is -1.44. The summed E-state index contributed by atoms with van der Waals surface area (Å²) in [5.74, 6) is -0.404. The van der Waals surface area contributed by atoms with Crippen LogP contribution in [0.3, 0.4) is 0 Å². The van der Waals surface area contributed by atoms with E-state index in [9.17, 15) is 4.79 Å². The predicted octanol–water partition coefficient (Wildman–Crippen LogP) is 2.36. The van der Waals surface area contributed by atoms with Crippen LogP contribution in [0.1, 0.15) is 23.1 Å². The van der Waals surface area contributed by atoms with Crippen molar-refractivity contribution < 1.29 is 9.53 Å². The molecule has 1 aromatic heterocycles. The molecule has 0 aliphatic heterocycles. The molecule has 6 heteroatoms. The lowest BCUT2D eigenvalue weighted by atomic mass is 10.3. The van der Waals surface area contributed by atoms with Crippen LogP contribution in [0, 0.1) is 10.5 Å². The van der Waals surface area contributed by atoms with Gasteiger partial charge in [-0.05, 0) is 60.7 Å². The van der Waals surface area contributed by atoms with Gasteiger partial charge in [0.1, 0.15) is 0 Å². The van der Waals surface area contributed by atoms with Crippen LogP contribution in [-0.4, -0.2) is 27.6 Å². The second-order valence-corrected chi connectivity index (χ2v) is 4.88. The standard InChI is InChI=1S/C12H12IN3O2/c1-3-18-12(17)11-8(2)14-15-16(11)10-6-4-9(13)5-7-10/h4-7H,3H2,1-2H3. The molecule has 94 valence electrons. The van der Waals surface area contributed by atoms with Gasteiger partial charge < -0.3 is 4.74 Å². The van der Waals surface area contributed by atoms with Gasteiger partial charge in [0.05, 0.1) is 18.0 Å². The molecule has 0 bridgehead atoms. The first-order valence-corrected chi connectivity index (χ1v) is 6.56. The highest BCUT2D eigenvalue weighted by Gasteiger charge is 2.19. The maximum atomic E-state index is 11.9. The Morgan fingerprint density at radius 3 is 2.67 bits per heavy atom. The van der Waals surface area contributed by atoms with Gasteiger partial charge in [0.25, 0.3) is 0 Å². The van der Waals surface area contributed by atoms with Gasteiger partial charge in [-0.3, -0.25) is 0 Å². The van der Waals surface area contributed by atoms with Gasteiger partial charge in [0.15, 0.2) is 5.69 Å². The summed E-state index contributed by atoms with van der Waals surface area (Å²) in [5.41, 5.74) is 1.73. The molecule has 0 amide bonds. The molecule has 0 radical (unpaired) electrons. The second kappa shape index (κ2) is 5.47. The zero-order chi connectivity index (χ0) is 13.1. The number of aryl methyl sites for hydroxylation is 1. The van der Waals surface area contributed by atoms with Gasteiger partial charge in [-0.25, -0.2) is 9.48 Å². The minimum Gasteiger partial charge on any atom is -0.461 e. The van der Waals surface area contributed by atoms with Crippen LogP contribution in [0.5, 0.6) is 0 Å². The minimum absolute atomic E-state index is 0.330.